The maximum Gasteiger partial charge on any atom is 0.332 e. The minimum Gasteiger partial charge on any atom is -0.479 e. The Labute approximate surface area is 107 Å². The Morgan fingerprint density at radius 3 is 2.89 bits per heavy atom. The highest BCUT2D eigenvalue weighted by atomic mass is 16.5. The third-order valence-electron chi connectivity index (χ3n) is 3.95. The molecule has 2 aliphatic heterocycles. The number of carbonyl (C=O) groups excluding carboxylic acids is 1. The summed E-state index contributed by atoms with van der Waals surface area (Å²) in [6.45, 7) is 4.38. The summed E-state index contributed by atoms with van der Waals surface area (Å²) >= 11 is 0. The predicted molar refractivity (Wildman–Crippen MR) is 65.4 cm³/mol. The molecule has 1 N–H and O–H groups in total. The highest BCUT2D eigenvalue weighted by molar-refractivity contribution is 5.82. The molecule has 0 bridgehead atoms. The zero-order chi connectivity index (χ0) is 13.1. The van der Waals surface area contributed by atoms with Crippen LogP contribution < -0.4 is 0 Å². The van der Waals surface area contributed by atoms with Crippen LogP contribution in [0.15, 0.2) is 0 Å². The van der Waals surface area contributed by atoms with Crippen LogP contribution in [0.25, 0.3) is 0 Å². The molecule has 0 aliphatic carbocycles. The lowest BCUT2D eigenvalue weighted by Gasteiger charge is -2.32. The minimum absolute atomic E-state index is 0.0109. The van der Waals surface area contributed by atoms with Crippen molar-refractivity contribution in [3.05, 3.63) is 0 Å². The van der Waals surface area contributed by atoms with Gasteiger partial charge in [-0.2, -0.15) is 0 Å². The zero-order valence-corrected chi connectivity index (χ0v) is 10.8. The van der Waals surface area contributed by atoms with Crippen LogP contribution in [-0.2, 0) is 14.3 Å². The molecule has 2 heterocycles. The lowest BCUT2D eigenvalue weighted by Crippen LogP contribution is -2.44. The summed E-state index contributed by atoms with van der Waals surface area (Å²) in [5.41, 5.74) is 0. The molecule has 0 amide bonds. The summed E-state index contributed by atoms with van der Waals surface area (Å²) in [7, 11) is 0. The number of Topliss-reactive ketones (excluding diaryl/α,β-unsaturated/α-hetero) is 1. The van der Waals surface area contributed by atoms with E-state index in [0.29, 0.717) is 18.6 Å². The molecule has 0 spiro atoms. The van der Waals surface area contributed by atoms with Crippen LogP contribution in [0.3, 0.4) is 0 Å². The van der Waals surface area contributed by atoms with Gasteiger partial charge in [-0.25, -0.2) is 4.79 Å². The number of ketones is 1. The number of rotatable bonds is 4. The molecule has 2 aliphatic rings. The first-order valence-electron chi connectivity index (χ1n) is 6.73. The van der Waals surface area contributed by atoms with Crippen LogP contribution in [0.2, 0.25) is 0 Å². The van der Waals surface area contributed by atoms with Gasteiger partial charge in [0.15, 0.2) is 6.10 Å². The lowest BCUT2D eigenvalue weighted by molar-refractivity contribution is -0.149. The van der Waals surface area contributed by atoms with Gasteiger partial charge in [0.05, 0.1) is 6.10 Å². The standard InChI is InChI=1S/C13H21NO4/c1-2-9-7-14(6-5-11(9)15)8-10-3-4-12(18-10)13(16)17/h9-10,12H,2-8H2,1H3,(H,16,17). The van der Waals surface area contributed by atoms with Gasteiger partial charge in [-0.05, 0) is 19.3 Å². The van der Waals surface area contributed by atoms with Crippen molar-refractivity contribution in [3.8, 4) is 0 Å². The first kappa shape index (κ1) is 13.5. The number of carbonyl (C=O) groups is 2. The minimum atomic E-state index is -0.863. The van der Waals surface area contributed by atoms with Crippen LogP contribution in [-0.4, -0.2) is 53.6 Å². The molecule has 2 fully saturated rings. The number of carboxylic acid groups (broad SMARTS) is 1. The molecule has 0 aromatic carbocycles. The number of carboxylic acids is 1. The average Bonchev–Trinajstić information content (AvgIpc) is 2.80. The topological polar surface area (TPSA) is 66.8 Å². The molecule has 5 heteroatoms. The van der Waals surface area contributed by atoms with Gasteiger partial charge in [0.25, 0.3) is 0 Å². The molecule has 2 rings (SSSR count). The van der Waals surface area contributed by atoms with Crippen molar-refractivity contribution >= 4 is 11.8 Å². The molecule has 5 nitrogen and oxygen atoms in total. The Hall–Kier alpha value is -0.940. The third-order valence-corrected chi connectivity index (χ3v) is 3.95. The number of hydrogen-bond donors (Lipinski definition) is 1. The Morgan fingerprint density at radius 1 is 1.50 bits per heavy atom. The van der Waals surface area contributed by atoms with E-state index in [4.69, 9.17) is 9.84 Å². The molecule has 0 aromatic rings. The van der Waals surface area contributed by atoms with Crippen LogP contribution in [0.1, 0.15) is 32.6 Å². The molecule has 0 saturated carbocycles. The smallest absolute Gasteiger partial charge is 0.332 e. The molecule has 102 valence electrons. The summed E-state index contributed by atoms with van der Waals surface area (Å²) < 4.78 is 5.50. The maximum absolute atomic E-state index is 11.6. The van der Waals surface area contributed by atoms with Crippen molar-refractivity contribution in [2.75, 3.05) is 19.6 Å². The van der Waals surface area contributed by atoms with E-state index in [9.17, 15) is 9.59 Å². The molecular weight excluding hydrogens is 234 g/mol. The van der Waals surface area contributed by atoms with Crippen molar-refractivity contribution in [1.29, 1.82) is 0 Å². The quantitative estimate of drug-likeness (QED) is 0.809. The van der Waals surface area contributed by atoms with Gasteiger partial charge in [0, 0.05) is 32.0 Å². The normalized spacial score (nSPS) is 33.8. The fraction of sp³-hybridized carbons (Fsp3) is 0.846. The average molecular weight is 255 g/mol. The van der Waals surface area contributed by atoms with E-state index in [2.05, 4.69) is 4.90 Å². The molecule has 3 atom stereocenters. The predicted octanol–water partition coefficient (Wildman–Crippen LogP) is 0.920. The Bertz CT molecular complexity index is 331. The second-order valence-corrected chi connectivity index (χ2v) is 5.24. The largest absolute Gasteiger partial charge is 0.479 e. The maximum atomic E-state index is 11.6. The van der Waals surface area contributed by atoms with Crippen molar-refractivity contribution < 1.29 is 19.4 Å². The summed E-state index contributed by atoms with van der Waals surface area (Å²) in [5, 5.41) is 8.87. The van der Waals surface area contributed by atoms with Gasteiger partial charge < -0.3 is 9.84 Å². The van der Waals surface area contributed by atoms with Crippen LogP contribution in [0.4, 0.5) is 0 Å². The summed E-state index contributed by atoms with van der Waals surface area (Å²) in [6.07, 6.45) is 2.29. The third kappa shape index (κ3) is 3.09. The van der Waals surface area contributed by atoms with E-state index < -0.39 is 12.1 Å². The molecule has 0 radical (unpaired) electrons. The van der Waals surface area contributed by atoms with Crippen LogP contribution >= 0.6 is 0 Å². The number of piperidine rings is 1. The van der Waals surface area contributed by atoms with E-state index >= 15 is 0 Å². The number of hydrogen-bond acceptors (Lipinski definition) is 4. The van der Waals surface area contributed by atoms with E-state index in [1.807, 2.05) is 6.92 Å². The Morgan fingerprint density at radius 2 is 2.28 bits per heavy atom. The molecule has 0 aromatic heterocycles. The van der Waals surface area contributed by atoms with E-state index in [0.717, 1.165) is 32.5 Å². The van der Waals surface area contributed by atoms with Crippen molar-refractivity contribution in [2.45, 2.75) is 44.8 Å². The summed E-state index contributed by atoms with van der Waals surface area (Å²) in [6, 6.07) is 0. The molecule has 3 unspecified atom stereocenters. The Kier molecular flexibility index (Phi) is 4.35. The van der Waals surface area contributed by atoms with Gasteiger partial charge in [-0.15, -0.1) is 0 Å². The second kappa shape index (κ2) is 5.80. The first-order valence-corrected chi connectivity index (χ1v) is 6.73. The summed E-state index contributed by atoms with van der Waals surface area (Å²) in [4.78, 5) is 24.7. The number of ether oxygens (including phenoxy) is 1. The molecule has 2 saturated heterocycles. The zero-order valence-electron chi connectivity index (χ0n) is 10.8. The highest BCUT2D eigenvalue weighted by Gasteiger charge is 2.33. The van der Waals surface area contributed by atoms with Crippen LogP contribution in [0.5, 0.6) is 0 Å². The van der Waals surface area contributed by atoms with Crippen molar-refractivity contribution in [2.24, 2.45) is 5.92 Å². The van der Waals surface area contributed by atoms with Crippen LogP contribution in [0, 0.1) is 5.92 Å². The van der Waals surface area contributed by atoms with Gasteiger partial charge in [0.2, 0.25) is 0 Å². The fourth-order valence-electron chi connectivity index (χ4n) is 2.81. The second-order valence-electron chi connectivity index (χ2n) is 5.24. The number of aliphatic carboxylic acids is 1. The van der Waals surface area contributed by atoms with E-state index in [1.165, 1.54) is 0 Å². The van der Waals surface area contributed by atoms with Crippen molar-refractivity contribution in [3.63, 3.8) is 0 Å². The SMILES string of the molecule is CCC1CN(CC2CCC(C(=O)O)O2)CCC1=O. The lowest BCUT2D eigenvalue weighted by atomic mass is 9.94. The monoisotopic (exact) mass is 255 g/mol. The Balaban J connectivity index is 1.80. The van der Waals surface area contributed by atoms with Gasteiger partial charge in [-0.1, -0.05) is 6.92 Å². The molecule has 18 heavy (non-hydrogen) atoms. The highest BCUT2D eigenvalue weighted by Crippen LogP contribution is 2.23. The van der Waals surface area contributed by atoms with Gasteiger partial charge >= 0.3 is 5.97 Å². The number of likely N-dealkylation sites (tertiary alicyclic amines) is 1. The first-order chi connectivity index (χ1) is 8.60. The summed E-state index contributed by atoms with van der Waals surface area (Å²) in [5.74, 6) is -0.349. The van der Waals surface area contributed by atoms with Gasteiger partial charge in [-0.3, -0.25) is 9.69 Å². The van der Waals surface area contributed by atoms with Crippen molar-refractivity contribution in [1.82, 2.24) is 4.90 Å². The fourth-order valence-corrected chi connectivity index (χ4v) is 2.81. The number of nitrogens with zero attached hydrogens (tertiary/aromatic N) is 1. The van der Waals surface area contributed by atoms with E-state index in [-0.39, 0.29) is 12.0 Å². The van der Waals surface area contributed by atoms with E-state index in [1.54, 1.807) is 0 Å². The van der Waals surface area contributed by atoms with Gasteiger partial charge in [0.1, 0.15) is 5.78 Å². The molecular formula is C13H21NO4.